The molecule has 7 nitrogen and oxygen atoms in total. The molecule has 0 bridgehead atoms. The lowest BCUT2D eigenvalue weighted by Crippen LogP contribution is -2.54. The van der Waals surface area contributed by atoms with Crippen LogP contribution in [0.4, 0.5) is 5.69 Å². The predicted octanol–water partition coefficient (Wildman–Crippen LogP) is 1.36. The second-order valence-corrected chi connectivity index (χ2v) is 8.07. The van der Waals surface area contributed by atoms with E-state index in [1.54, 1.807) is 18.2 Å². The molecule has 1 spiro atoms. The molecule has 4 rings (SSSR count). The molecule has 2 saturated heterocycles. The Morgan fingerprint density at radius 2 is 2.00 bits per heavy atom. The number of hydrogen-bond acceptors (Lipinski definition) is 5. The Balaban J connectivity index is 1.87. The highest BCUT2D eigenvalue weighted by Crippen LogP contribution is 2.54. The van der Waals surface area contributed by atoms with Crippen LogP contribution in [0.15, 0.2) is 18.2 Å². The number of fused-ring (bicyclic) bond motifs is 4. The van der Waals surface area contributed by atoms with Crippen molar-refractivity contribution in [3.05, 3.63) is 28.8 Å². The maximum atomic E-state index is 13.3. The molecule has 144 valence electrons. The van der Waals surface area contributed by atoms with E-state index in [4.69, 9.17) is 16.3 Å². The normalized spacial score (nSPS) is 31.8. The third-order valence-electron chi connectivity index (χ3n) is 5.96. The molecule has 8 heteroatoms. The first-order chi connectivity index (χ1) is 12.8. The van der Waals surface area contributed by atoms with Crippen molar-refractivity contribution in [2.45, 2.75) is 25.4 Å². The average Bonchev–Trinajstić information content (AvgIpc) is 3.21. The van der Waals surface area contributed by atoms with Gasteiger partial charge in [-0.3, -0.25) is 24.6 Å². The number of rotatable bonds is 4. The molecule has 0 aliphatic carbocycles. The number of nitrogens with one attached hydrogen (secondary N) is 2. The number of methoxy groups -OCH3 is 1. The maximum absolute atomic E-state index is 13.3. The molecular formula is C19H22ClN3O4. The van der Waals surface area contributed by atoms with Crippen LogP contribution in [0.5, 0.6) is 0 Å². The Labute approximate surface area is 162 Å². The second kappa shape index (κ2) is 6.29. The highest BCUT2D eigenvalue weighted by Gasteiger charge is 2.70. The lowest BCUT2D eigenvalue weighted by atomic mass is 9.76. The lowest BCUT2D eigenvalue weighted by Gasteiger charge is -2.30. The number of carbonyl (C=O) groups is 3. The summed E-state index contributed by atoms with van der Waals surface area (Å²) in [6.07, 6.45) is 0. The molecule has 3 aliphatic rings. The maximum Gasteiger partial charge on any atom is 0.250 e. The van der Waals surface area contributed by atoms with E-state index in [0.717, 1.165) is 0 Å². The van der Waals surface area contributed by atoms with Crippen molar-refractivity contribution in [2.75, 3.05) is 25.6 Å². The van der Waals surface area contributed by atoms with Crippen LogP contribution in [-0.4, -0.2) is 48.9 Å². The van der Waals surface area contributed by atoms with Gasteiger partial charge in [0, 0.05) is 18.7 Å². The monoisotopic (exact) mass is 391 g/mol. The van der Waals surface area contributed by atoms with Crippen LogP contribution in [0, 0.1) is 17.8 Å². The smallest absolute Gasteiger partial charge is 0.250 e. The summed E-state index contributed by atoms with van der Waals surface area (Å²) in [5, 5.41) is 6.61. The highest BCUT2D eigenvalue weighted by atomic mass is 35.5. The number of carbonyl (C=O) groups excluding carboxylic acids is 3. The predicted molar refractivity (Wildman–Crippen MR) is 99.1 cm³/mol. The zero-order chi connectivity index (χ0) is 19.5. The van der Waals surface area contributed by atoms with Gasteiger partial charge in [-0.05, 0) is 12.0 Å². The summed E-state index contributed by atoms with van der Waals surface area (Å²) in [5.41, 5.74) is -0.141. The number of anilines is 1. The van der Waals surface area contributed by atoms with Gasteiger partial charge in [-0.15, -0.1) is 0 Å². The fraction of sp³-hybridized carbons (Fsp3) is 0.526. The fourth-order valence-corrected chi connectivity index (χ4v) is 4.98. The zero-order valence-corrected chi connectivity index (χ0v) is 16.2. The van der Waals surface area contributed by atoms with Gasteiger partial charge < -0.3 is 10.1 Å². The molecule has 0 saturated carbocycles. The largest absolute Gasteiger partial charge is 0.383 e. The number of likely N-dealkylation sites (tertiary alicyclic amines) is 1. The van der Waals surface area contributed by atoms with Crippen LogP contribution >= 0.6 is 11.6 Å². The topological polar surface area (TPSA) is 87.7 Å². The van der Waals surface area contributed by atoms with Crippen molar-refractivity contribution in [3.8, 4) is 0 Å². The second-order valence-electron chi connectivity index (χ2n) is 7.66. The van der Waals surface area contributed by atoms with E-state index in [1.807, 2.05) is 13.8 Å². The molecule has 3 aliphatic heterocycles. The lowest BCUT2D eigenvalue weighted by molar-refractivity contribution is -0.143. The van der Waals surface area contributed by atoms with Gasteiger partial charge in [-0.2, -0.15) is 0 Å². The Bertz CT molecular complexity index is 842. The van der Waals surface area contributed by atoms with Gasteiger partial charge in [0.05, 0.1) is 35.7 Å². The Morgan fingerprint density at radius 3 is 2.67 bits per heavy atom. The molecule has 0 aromatic heterocycles. The van der Waals surface area contributed by atoms with E-state index in [-0.39, 0.29) is 42.8 Å². The summed E-state index contributed by atoms with van der Waals surface area (Å²) in [4.78, 5) is 40.8. The first-order valence-corrected chi connectivity index (χ1v) is 9.44. The van der Waals surface area contributed by atoms with Crippen molar-refractivity contribution in [1.82, 2.24) is 10.2 Å². The first kappa shape index (κ1) is 18.4. The van der Waals surface area contributed by atoms with Gasteiger partial charge in [-0.1, -0.05) is 37.6 Å². The number of benzene rings is 1. The number of ether oxygens (including phenoxy) is 1. The minimum absolute atomic E-state index is 0.0621. The first-order valence-electron chi connectivity index (χ1n) is 9.07. The van der Waals surface area contributed by atoms with Crippen molar-refractivity contribution in [2.24, 2.45) is 17.8 Å². The molecule has 2 N–H and O–H groups in total. The Hall–Kier alpha value is -1.96. The number of para-hydroxylation sites is 1. The summed E-state index contributed by atoms with van der Waals surface area (Å²) in [6, 6.07) is 4.95. The molecule has 3 amide bonds. The van der Waals surface area contributed by atoms with Crippen LogP contribution in [0.1, 0.15) is 19.4 Å². The molecule has 27 heavy (non-hydrogen) atoms. The summed E-state index contributed by atoms with van der Waals surface area (Å²) in [7, 11) is 1.52. The van der Waals surface area contributed by atoms with Crippen LogP contribution in [0.3, 0.4) is 0 Å². The van der Waals surface area contributed by atoms with E-state index in [1.165, 1.54) is 12.0 Å². The Morgan fingerprint density at radius 1 is 1.26 bits per heavy atom. The van der Waals surface area contributed by atoms with Gasteiger partial charge in [0.2, 0.25) is 17.7 Å². The summed E-state index contributed by atoms with van der Waals surface area (Å²) >= 11 is 6.28. The van der Waals surface area contributed by atoms with Crippen molar-refractivity contribution < 1.29 is 19.1 Å². The zero-order valence-electron chi connectivity index (χ0n) is 15.4. The Kier molecular flexibility index (Phi) is 4.29. The SMILES string of the molecule is COCCN1C(=O)[C@@H]2[C@@H](C(C)C)N[C@@]3(C(=O)Nc4c(Cl)cccc43)[C@@H]2C1=O. The standard InChI is InChI=1S/C19H22ClN3O4/c1-9(2)14-12-13(17(25)23(16(12)24)7-8-27-3)19(22-14)10-5-4-6-11(20)15(10)21-18(19)26/h4-6,9,12-14,22H,7-8H2,1-3H3,(H,21,26)/t12-,13-,14+,19+/m0/s1. The van der Waals surface area contributed by atoms with Gasteiger partial charge in [0.15, 0.2) is 0 Å². The summed E-state index contributed by atoms with van der Waals surface area (Å²) in [5.74, 6) is -2.24. The van der Waals surface area contributed by atoms with Gasteiger partial charge in [0.1, 0.15) is 5.54 Å². The minimum atomic E-state index is -1.28. The fourth-order valence-electron chi connectivity index (χ4n) is 4.76. The number of hydrogen-bond donors (Lipinski definition) is 2. The molecule has 4 atom stereocenters. The third-order valence-corrected chi connectivity index (χ3v) is 6.28. The minimum Gasteiger partial charge on any atom is -0.383 e. The average molecular weight is 392 g/mol. The van der Waals surface area contributed by atoms with Crippen molar-refractivity contribution in [3.63, 3.8) is 0 Å². The van der Waals surface area contributed by atoms with Crippen LogP contribution in [0.25, 0.3) is 0 Å². The molecular weight excluding hydrogens is 370 g/mol. The van der Waals surface area contributed by atoms with Crippen LogP contribution < -0.4 is 10.6 Å². The van der Waals surface area contributed by atoms with Crippen molar-refractivity contribution in [1.29, 1.82) is 0 Å². The quantitative estimate of drug-likeness (QED) is 0.757. The van der Waals surface area contributed by atoms with Crippen LogP contribution in [0.2, 0.25) is 5.02 Å². The van der Waals surface area contributed by atoms with Gasteiger partial charge in [0.25, 0.3) is 0 Å². The molecule has 0 radical (unpaired) electrons. The molecule has 3 heterocycles. The molecule has 1 aromatic rings. The number of nitrogens with zero attached hydrogens (tertiary/aromatic N) is 1. The summed E-state index contributed by atoms with van der Waals surface area (Å²) < 4.78 is 5.05. The number of halogens is 1. The van der Waals surface area contributed by atoms with E-state index >= 15 is 0 Å². The summed E-state index contributed by atoms with van der Waals surface area (Å²) in [6.45, 7) is 4.41. The van der Waals surface area contributed by atoms with Gasteiger partial charge in [-0.25, -0.2) is 0 Å². The van der Waals surface area contributed by atoms with E-state index in [2.05, 4.69) is 10.6 Å². The molecule has 2 fully saturated rings. The third kappa shape index (κ3) is 2.31. The molecule has 0 unspecified atom stereocenters. The number of imide groups is 1. The van der Waals surface area contributed by atoms with E-state index in [0.29, 0.717) is 16.3 Å². The van der Waals surface area contributed by atoms with Crippen LogP contribution in [-0.2, 0) is 24.7 Å². The van der Waals surface area contributed by atoms with E-state index < -0.39 is 17.4 Å². The van der Waals surface area contributed by atoms with Gasteiger partial charge >= 0.3 is 0 Å². The molecule has 1 aromatic carbocycles. The highest BCUT2D eigenvalue weighted by molar-refractivity contribution is 6.35. The van der Waals surface area contributed by atoms with E-state index in [9.17, 15) is 14.4 Å². The number of amides is 3. The van der Waals surface area contributed by atoms with Crippen molar-refractivity contribution >= 4 is 35.0 Å².